The number of carboxylic acids is 2. The van der Waals surface area contributed by atoms with Crippen molar-refractivity contribution in [1.29, 1.82) is 15.8 Å². The van der Waals surface area contributed by atoms with Gasteiger partial charge in [0.2, 0.25) is 0 Å². The normalized spacial score (nSPS) is 15.2. The van der Waals surface area contributed by atoms with Crippen LogP contribution in [0.3, 0.4) is 0 Å². The van der Waals surface area contributed by atoms with Crippen molar-refractivity contribution >= 4 is 49.8 Å². The minimum atomic E-state index is -1.10. The summed E-state index contributed by atoms with van der Waals surface area (Å²) in [6, 6.07) is 5.93. The van der Waals surface area contributed by atoms with Crippen molar-refractivity contribution in [1.82, 2.24) is 4.98 Å². The van der Waals surface area contributed by atoms with E-state index in [4.69, 9.17) is 20.2 Å². The van der Waals surface area contributed by atoms with Crippen molar-refractivity contribution in [2.24, 2.45) is 0 Å². The largest absolute Gasteiger partial charge is 5.00 e. The second-order valence-electron chi connectivity index (χ2n) is 7.59. The molecular formula is C29H25N6O5RuS3. The van der Waals surface area contributed by atoms with Crippen LogP contribution in [0, 0.1) is 50.8 Å². The van der Waals surface area contributed by atoms with Gasteiger partial charge in [0.05, 0.1) is 5.57 Å². The number of aromatic nitrogens is 1. The smallest absolute Gasteiger partial charge is 0.696 e. The minimum absolute atomic E-state index is 0. The summed E-state index contributed by atoms with van der Waals surface area (Å²) in [7, 11) is 0. The van der Waals surface area contributed by atoms with Gasteiger partial charge in [-0.05, 0) is 43.5 Å². The van der Waals surface area contributed by atoms with Crippen LogP contribution in [-0.2, 0) is 67.0 Å². The summed E-state index contributed by atoms with van der Waals surface area (Å²) in [5.74, 6) is 5.16. The van der Waals surface area contributed by atoms with Crippen LogP contribution < -0.4 is 0 Å². The van der Waals surface area contributed by atoms with Crippen molar-refractivity contribution < 1.29 is 43.7 Å². The van der Waals surface area contributed by atoms with Gasteiger partial charge in [-0.15, -0.1) is 12.6 Å². The molecule has 0 aromatic carbocycles. The SMILES string of the molecule is CC.Cc1ccc(C#Cc2ccnc(C3C=C(C(=O)O)C=C(C4CC(C(=O)O)=CC[N-]4)[N-]3)c2)o1.N#C[S-].N#C[S-].N#C[S-].[Ru+5]. The number of carboxylic acid groups (broad SMARTS) is 2. The molecule has 0 fully saturated rings. The number of pyridine rings is 1. The first-order valence-corrected chi connectivity index (χ1v) is 13.4. The fourth-order valence-corrected chi connectivity index (χ4v) is 3.42. The molecule has 0 bridgehead atoms. The number of aryl methyl sites for hydroxylation is 1. The molecule has 227 valence electrons. The number of rotatable bonds is 4. The molecule has 0 spiro atoms. The first-order chi connectivity index (χ1) is 20.6. The summed E-state index contributed by atoms with van der Waals surface area (Å²) in [6.45, 7) is 6.08. The molecule has 15 heteroatoms. The average Bonchev–Trinajstić information content (AvgIpc) is 3.43. The van der Waals surface area contributed by atoms with Gasteiger partial charge in [0.25, 0.3) is 0 Å². The molecule has 2 atom stereocenters. The number of aliphatic carboxylic acids is 2. The maximum atomic E-state index is 11.7. The molecule has 4 heterocycles. The predicted octanol–water partition coefficient (Wildman–Crippen LogP) is 4.93. The maximum Gasteiger partial charge on any atom is 5.00 e. The summed E-state index contributed by atoms with van der Waals surface area (Å²) in [4.78, 5) is 27.4. The van der Waals surface area contributed by atoms with E-state index in [1.54, 1.807) is 30.5 Å². The Balaban J connectivity index is 0. The molecule has 2 aliphatic heterocycles. The Morgan fingerprint density at radius 3 is 2.16 bits per heavy atom. The first-order valence-electron chi connectivity index (χ1n) is 12.2. The molecule has 0 aliphatic carbocycles. The van der Waals surface area contributed by atoms with Crippen LogP contribution in [0.4, 0.5) is 0 Å². The van der Waals surface area contributed by atoms with E-state index in [0.29, 0.717) is 22.7 Å². The minimum Gasteiger partial charge on any atom is -0.696 e. The van der Waals surface area contributed by atoms with E-state index in [1.165, 1.54) is 28.4 Å². The number of furan rings is 1. The number of nitriles is 3. The van der Waals surface area contributed by atoms with Crippen LogP contribution in [-0.4, -0.2) is 39.7 Å². The molecule has 0 amide bonds. The number of hydrogen-bond acceptors (Lipinski definition) is 10. The van der Waals surface area contributed by atoms with E-state index in [2.05, 4.69) is 65.3 Å². The molecule has 2 N–H and O–H groups in total. The van der Waals surface area contributed by atoms with E-state index in [0.717, 1.165) is 5.76 Å². The third-order valence-electron chi connectivity index (χ3n) is 5.02. The Hall–Kier alpha value is -4.34. The fourth-order valence-electron chi connectivity index (χ4n) is 3.42. The molecule has 44 heavy (non-hydrogen) atoms. The zero-order valence-electron chi connectivity index (χ0n) is 23.6. The van der Waals surface area contributed by atoms with Crippen molar-refractivity contribution in [2.45, 2.75) is 39.3 Å². The fraction of sp³-hybridized carbons (Fsp3) is 0.241. The number of carbonyl (C=O) groups is 2. The monoisotopic (exact) mass is 735 g/mol. The van der Waals surface area contributed by atoms with Crippen molar-refractivity contribution in [3.8, 4) is 28.0 Å². The third kappa shape index (κ3) is 15.2. The molecule has 4 rings (SSSR count). The van der Waals surface area contributed by atoms with Gasteiger partial charge in [-0.2, -0.15) is 5.70 Å². The standard InChI is InChI=1S/C24H19N3O5.C2H6.3CHNS.Ru/c1-14-2-4-18(32-14)5-3-15-6-8-25-19(10-15)21-12-17(24(30)31)13-22(27-21)20-11-16(23(28)29)7-9-26-20;1-2;3*2-1-3;/h2,4,6-8,10,12-13,20-21H,9,11H2,1H3,(H,28,29)(H,30,31);1-2H3;3*3H;/q-2;;;;;+5/p-3. The Morgan fingerprint density at radius 1 is 1.02 bits per heavy atom. The summed E-state index contributed by atoms with van der Waals surface area (Å²) in [5.41, 5.74) is 1.94. The molecule has 0 saturated carbocycles. The molecule has 11 nitrogen and oxygen atoms in total. The van der Waals surface area contributed by atoms with Gasteiger partial charge in [-0.3, -0.25) is 4.98 Å². The van der Waals surface area contributed by atoms with E-state index in [1.807, 2.05) is 26.8 Å². The Kier molecular flexibility index (Phi) is 22.9. The van der Waals surface area contributed by atoms with Crippen molar-refractivity contribution in [3.63, 3.8) is 0 Å². The summed E-state index contributed by atoms with van der Waals surface area (Å²) < 4.78 is 5.45. The number of thiocyanates is 3. The third-order valence-corrected chi connectivity index (χ3v) is 5.02. The molecule has 0 saturated heterocycles. The van der Waals surface area contributed by atoms with Gasteiger partial charge in [0, 0.05) is 23.0 Å². The van der Waals surface area contributed by atoms with E-state index < -0.39 is 24.0 Å². The van der Waals surface area contributed by atoms with Crippen LogP contribution in [0.25, 0.3) is 10.6 Å². The van der Waals surface area contributed by atoms with Crippen LogP contribution >= 0.6 is 0 Å². The topological polar surface area (TPSA) is 200 Å². The Morgan fingerprint density at radius 2 is 1.64 bits per heavy atom. The maximum absolute atomic E-state index is 11.7. The zero-order valence-corrected chi connectivity index (χ0v) is 27.8. The second kappa shape index (κ2) is 24.1. The van der Waals surface area contributed by atoms with Crippen LogP contribution in [0.5, 0.6) is 0 Å². The zero-order chi connectivity index (χ0) is 32.8. The quantitative estimate of drug-likeness (QED) is 0.186. The van der Waals surface area contributed by atoms with E-state index in [9.17, 15) is 19.8 Å². The Labute approximate surface area is 285 Å². The number of hydrogen-bond donors (Lipinski definition) is 2. The van der Waals surface area contributed by atoms with Gasteiger partial charge >= 0.3 is 31.4 Å². The van der Waals surface area contributed by atoms with Crippen LogP contribution in [0.1, 0.15) is 49.1 Å². The van der Waals surface area contributed by atoms with Crippen molar-refractivity contribution in [3.05, 3.63) is 98.9 Å². The average molecular weight is 735 g/mol. The van der Waals surface area contributed by atoms with Gasteiger partial charge in [-0.25, -0.2) is 25.4 Å². The van der Waals surface area contributed by atoms with E-state index in [-0.39, 0.29) is 43.6 Å². The second-order valence-corrected chi connectivity index (χ2v) is 8.14. The van der Waals surface area contributed by atoms with Gasteiger partial charge in [0.1, 0.15) is 5.76 Å². The molecule has 2 unspecified atom stereocenters. The van der Waals surface area contributed by atoms with Gasteiger partial charge in [-0.1, -0.05) is 60.2 Å². The molecule has 2 aliphatic rings. The number of nitrogens with zero attached hydrogens (tertiary/aromatic N) is 6. The summed E-state index contributed by atoms with van der Waals surface area (Å²) in [5, 5.41) is 53.3. The Bertz CT molecular complexity index is 1500. The molecule has 2 aromatic heterocycles. The molecular weight excluding hydrogens is 710 g/mol. The molecule has 1 radical (unpaired) electrons. The van der Waals surface area contributed by atoms with Crippen LogP contribution in [0.15, 0.2) is 70.0 Å². The van der Waals surface area contributed by atoms with E-state index >= 15 is 0 Å². The van der Waals surface area contributed by atoms with Crippen molar-refractivity contribution in [2.75, 3.05) is 6.54 Å². The summed E-state index contributed by atoms with van der Waals surface area (Å²) in [6.07, 6.45) is 6.26. The van der Waals surface area contributed by atoms with Crippen LogP contribution in [0.2, 0.25) is 0 Å². The predicted molar refractivity (Wildman–Crippen MR) is 166 cm³/mol. The first kappa shape index (κ1) is 41.8. The molecule has 2 aromatic rings. The van der Waals surface area contributed by atoms with Gasteiger partial charge in [0.15, 0.2) is 5.76 Å². The van der Waals surface area contributed by atoms with Gasteiger partial charge < -0.3 is 63.2 Å². The summed E-state index contributed by atoms with van der Waals surface area (Å²) >= 11 is 11.1.